The van der Waals surface area contributed by atoms with Gasteiger partial charge in [-0.25, -0.2) is 4.98 Å². The first-order valence-corrected chi connectivity index (χ1v) is 5.42. The summed E-state index contributed by atoms with van der Waals surface area (Å²) in [7, 11) is 0. The second-order valence-corrected chi connectivity index (χ2v) is 4.15. The molecule has 1 aromatic heterocycles. The van der Waals surface area contributed by atoms with Crippen molar-refractivity contribution >= 4 is 28.4 Å². The standard InChI is InChI=1S/C12H12N3O3/c1-7-3-11-10(13-6-15(11)18)5-9(7)14-12(17)4-8(2)16/h3,5-6H,4H2,1-2H3,(H,14,17)/q-1. The Morgan fingerprint density at radius 2 is 2.17 bits per heavy atom. The van der Waals surface area contributed by atoms with Gasteiger partial charge >= 0.3 is 0 Å². The smallest absolute Gasteiger partial charge is 0.231 e. The molecule has 94 valence electrons. The van der Waals surface area contributed by atoms with Crippen LogP contribution in [-0.2, 0) is 9.59 Å². The summed E-state index contributed by atoms with van der Waals surface area (Å²) in [5, 5.41) is 14.0. The van der Waals surface area contributed by atoms with Gasteiger partial charge in [0.25, 0.3) is 0 Å². The van der Waals surface area contributed by atoms with E-state index in [1.165, 1.54) is 13.3 Å². The van der Waals surface area contributed by atoms with E-state index >= 15 is 0 Å². The largest absolute Gasteiger partial charge is 0.805 e. The van der Waals surface area contributed by atoms with E-state index in [0.29, 0.717) is 21.5 Å². The maximum Gasteiger partial charge on any atom is 0.231 e. The monoisotopic (exact) mass is 246 g/mol. The quantitative estimate of drug-likeness (QED) is 0.833. The van der Waals surface area contributed by atoms with Crippen LogP contribution in [0.1, 0.15) is 18.9 Å². The number of nitrogens with zero attached hydrogens (tertiary/aromatic N) is 2. The van der Waals surface area contributed by atoms with E-state index in [2.05, 4.69) is 10.3 Å². The summed E-state index contributed by atoms with van der Waals surface area (Å²) in [5.74, 6) is -0.568. The number of Topliss-reactive ketones (excluding diaryl/α,β-unsaturated/α-hetero) is 1. The van der Waals surface area contributed by atoms with Crippen LogP contribution < -0.4 is 5.32 Å². The van der Waals surface area contributed by atoms with Gasteiger partial charge in [0, 0.05) is 5.69 Å². The lowest BCUT2D eigenvalue weighted by atomic mass is 10.1. The van der Waals surface area contributed by atoms with Gasteiger partial charge in [-0.05, 0) is 31.5 Å². The van der Waals surface area contributed by atoms with Crippen LogP contribution in [0.4, 0.5) is 5.69 Å². The lowest BCUT2D eigenvalue weighted by molar-refractivity contribution is -0.124. The summed E-state index contributed by atoms with van der Waals surface area (Å²) in [5.41, 5.74) is 2.27. The normalized spacial score (nSPS) is 10.6. The predicted octanol–water partition coefficient (Wildman–Crippen LogP) is 1.61. The molecule has 2 aromatic rings. The number of imidazole rings is 1. The van der Waals surface area contributed by atoms with Crippen LogP contribution in [0, 0.1) is 12.1 Å². The van der Waals surface area contributed by atoms with Gasteiger partial charge in [-0.15, -0.1) is 0 Å². The van der Waals surface area contributed by atoms with Crippen molar-refractivity contribution in [2.45, 2.75) is 20.3 Å². The summed E-state index contributed by atoms with van der Waals surface area (Å²) in [6, 6.07) is 3.27. The first kappa shape index (κ1) is 12.1. The van der Waals surface area contributed by atoms with E-state index in [1.54, 1.807) is 19.1 Å². The number of aromatic nitrogens is 2. The van der Waals surface area contributed by atoms with E-state index in [1.807, 2.05) is 0 Å². The summed E-state index contributed by atoms with van der Waals surface area (Å²) in [6.07, 6.45) is 1.01. The topological polar surface area (TPSA) is 87.0 Å². The van der Waals surface area contributed by atoms with Crippen molar-refractivity contribution in [3.63, 3.8) is 0 Å². The average Bonchev–Trinajstić information content (AvgIpc) is 2.60. The molecule has 1 amide bonds. The van der Waals surface area contributed by atoms with Gasteiger partial charge in [-0.1, -0.05) is 0 Å². The Morgan fingerprint density at radius 1 is 1.44 bits per heavy atom. The van der Waals surface area contributed by atoms with Crippen LogP contribution in [0.25, 0.3) is 11.0 Å². The van der Waals surface area contributed by atoms with Crippen molar-refractivity contribution in [2.75, 3.05) is 5.32 Å². The van der Waals surface area contributed by atoms with E-state index in [-0.39, 0.29) is 18.1 Å². The zero-order valence-corrected chi connectivity index (χ0v) is 10.1. The fraction of sp³-hybridized carbons (Fsp3) is 0.250. The second kappa shape index (κ2) is 4.48. The molecular formula is C12H12N3O3-. The van der Waals surface area contributed by atoms with Crippen LogP contribution in [0.2, 0.25) is 0 Å². The van der Waals surface area contributed by atoms with Crippen molar-refractivity contribution in [3.8, 4) is 0 Å². The molecule has 1 aromatic carbocycles. The highest BCUT2D eigenvalue weighted by Crippen LogP contribution is 2.22. The van der Waals surface area contributed by atoms with Gasteiger partial charge in [0.2, 0.25) is 5.91 Å². The summed E-state index contributed by atoms with van der Waals surface area (Å²) >= 11 is 0. The number of hydrogen-bond acceptors (Lipinski definition) is 4. The van der Waals surface area contributed by atoms with Crippen molar-refractivity contribution in [1.29, 1.82) is 0 Å². The Morgan fingerprint density at radius 3 is 2.83 bits per heavy atom. The molecule has 6 nitrogen and oxygen atoms in total. The third-order valence-electron chi connectivity index (χ3n) is 2.54. The highest BCUT2D eigenvalue weighted by Gasteiger charge is 2.09. The maximum atomic E-state index is 11.5. The summed E-state index contributed by atoms with van der Waals surface area (Å²) in [6.45, 7) is 3.13. The fourth-order valence-electron chi connectivity index (χ4n) is 1.69. The lowest BCUT2D eigenvalue weighted by Crippen LogP contribution is -2.15. The molecule has 1 N–H and O–H groups in total. The first-order chi connectivity index (χ1) is 8.47. The van der Waals surface area contributed by atoms with Gasteiger partial charge in [0.15, 0.2) is 0 Å². The summed E-state index contributed by atoms with van der Waals surface area (Å²) < 4.78 is 0.670. The van der Waals surface area contributed by atoms with Gasteiger partial charge < -0.3 is 15.3 Å². The van der Waals surface area contributed by atoms with Crippen molar-refractivity contribution in [2.24, 2.45) is 0 Å². The van der Waals surface area contributed by atoms with Gasteiger partial charge in [-0.3, -0.25) is 9.59 Å². The van der Waals surface area contributed by atoms with Crippen molar-refractivity contribution < 1.29 is 9.59 Å². The third-order valence-corrected chi connectivity index (χ3v) is 2.54. The molecule has 6 heteroatoms. The van der Waals surface area contributed by atoms with Crippen LogP contribution in [0.5, 0.6) is 0 Å². The molecule has 0 saturated heterocycles. The molecule has 0 aliphatic rings. The number of carbonyl (C=O) groups is 2. The molecule has 0 fully saturated rings. The zero-order valence-electron chi connectivity index (χ0n) is 10.1. The Kier molecular flexibility index (Phi) is 3.01. The number of anilines is 1. The lowest BCUT2D eigenvalue weighted by Gasteiger charge is -2.10. The number of rotatable bonds is 3. The van der Waals surface area contributed by atoms with Crippen LogP contribution in [0.3, 0.4) is 0 Å². The summed E-state index contributed by atoms with van der Waals surface area (Å²) in [4.78, 5) is 26.2. The van der Waals surface area contributed by atoms with Crippen LogP contribution in [-0.4, -0.2) is 21.4 Å². The van der Waals surface area contributed by atoms with E-state index < -0.39 is 0 Å². The minimum Gasteiger partial charge on any atom is -0.805 e. The molecule has 2 rings (SSSR count). The molecule has 18 heavy (non-hydrogen) atoms. The minimum atomic E-state index is -0.369. The number of benzene rings is 1. The Balaban J connectivity index is 2.31. The van der Waals surface area contributed by atoms with E-state index in [4.69, 9.17) is 0 Å². The second-order valence-electron chi connectivity index (χ2n) is 4.15. The number of carbonyl (C=O) groups excluding carboxylic acids is 2. The number of amides is 1. The predicted molar refractivity (Wildman–Crippen MR) is 67.2 cm³/mol. The number of nitrogens with one attached hydrogen (secondary N) is 1. The number of aryl methyl sites for hydroxylation is 1. The van der Waals surface area contributed by atoms with Gasteiger partial charge in [0.05, 0.1) is 23.8 Å². The Hall–Kier alpha value is -2.37. The molecule has 0 unspecified atom stereocenters. The number of hydrogen-bond donors (Lipinski definition) is 1. The zero-order chi connectivity index (χ0) is 13.3. The first-order valence-electron chi connectivity index (χ1n) is 5.42. The molecular weight excluding hydrogens is 234 g/mol. The molecule has 0 aliphatic heterocycles. The molecule has 0 radical (unpaired) electrons. The van der Waals surface area contributed by atoms with E-state index in [0.717, 1.165) is 5.56 Å². The van der Waals surface area contributed by atoms with Crippen molar-refractivity contribution in [3.05, 3.63) is 29.2 Å². The highest BCUT2D eigenvalue weighted by molar-refractivity contribution is 6.04. The SMILES string of the molecule is CC(=O)CC(=O)Nc1cc2ncn([O-])c2cc1C. The maximum absolute atomic E-state index is 11.5. The van der Waals surface area contributed by atoms with Crippen LogP contribution in [0.15, 0.2) is 18.5 Å². The molecule has 1 heterocycles. The van der Waals surface area contributed by atoms with Crippen LogP contribution >= 0.6 is 0 Å². The van der Waals surface area contributed by atoms with Gasteiger partial charge in [0.1, 0.15) is 5.78 Å². The number of ketones is 1. The Labute approximate surface area is 103 Å². The number of fused-ring (bicyclic) bond motifs is 1. The highest BCUT2D eigenvalue weighted by atomic mass is 16.5. The molecule has 0 bridgehead atoms. The van der Waals surface area contributed by atoms with E-state index in [9.17, 15) is 14.8 Å². The van der Waals surface area contributed by atoms with Gasteiger partial charge in [-0.2, -0.15) is 0 Å². The van der Waals surface area contributed by atoms with Crippen molar-refractivity contribution in [1.82, 2.24) is 9.71 Å². The molecule has 0 aliphatic carbocycles. The Bertz CT molecular complexity index is 631. The minimum absolute atomic E-state index is 0.159. The third kappa shape index (κ3) is 2.32. The molecule has 0 saturated carbocycles. The molecule has 0 spiro atoms. The molecule has 0 atom stereocenters. The average molecular weight is 246 g/mol. The fourth-order valence-corrected chi connectivity index (χ4v) is 1.69.